The van der Waals surface area contributed by atoms with Gasteiger partial charge < -0.3 is 10.1 Å². The van der Waals surface area contributed by atoms with E-state index < -0.39 is 16.1 Å². The second-order valence-electron chi connectivity index (χ2n) is 11.3. The van der Waals surface area contributed by atoms with Gasteiger partial charge in [0.25, 0.3) is 0 Å². The number of carbonyl (C=O) groups is 1. The van der Waals surface area contributed by atoms with E-state index in [0.717, 1.165) is 47.3 Å². The summed E-state index contributed by atoms with van der Waals surface area (Å²) in [4.78, 5) is 16.1. The molecule has 7 nitrogen and oxygen atoms in total. The van der Waals surface area contributed by atoms with Crippen LogP contribution < -0.4 is 14.8 Å². The van der Waals surface area contributed by atoms with Crippen LogP contribution >= 0.6 is 0 Å². The lowest BCUT2D eigenvalue weighted by Crippen LogP contribution is -2.36. The largest absolute Gasteiger partial charge is 0.493 e. The van der Waals surface area contributed by atoms with E-state index in [9.17, 15) is 13.2 Å². The molecular weight excluding hydrogens is 546 g/mol. The number of fused-ring (bicyclic) bond motifs is 2. The predicted molar refractivity (Wildman–Crippen MR) is 165 cm³/mol. The first-order valence-electron chi connectivity index (χ1n) is 14.8. The van der Waals surface area contributed by atoms with Crippen molar-refractivity contribution < 1.29 is 17.9 Å². The number of likely N-dealkylation sites (tertiary alicyclic amines) is 1. The molecule has 0 bridgehead atoms. The van der Waals surface area contributed by atoms with Crippen LogP contribution in [0.15, 0.2) is 95.9 Å². The Labute approximate surface area is 247 Å². The summed E-state index contributed by atoms with van der Waals surface area (Å²) in [6.07, 6.45) is 4.43. The number of ether oxygens (including phenoxy) is 1. The van der Waals surface area contributed by atoms with Crippen molar-refractivity contribution in [3.05, 3.63) is 108 Å². The van der Waals surface area contributed by atoms with Crippen LogP contribution in [0.4, 0.5) is 0 Å². The van der Waals surface area contributed by atoms with Gasteiger partial charge in [-0.1, -0.05) is 79.2 Å². The van der Waals surface area contributed by atoms with Gasteiger partial charge in [0.1, 0.15) is 5.75 Å². The number of amides is 1. The smallest absolute Gasteiger partial charge is 0.241 e. The Kier molecular flexibility index (Phi) is 8.55. The quantitative estimate of drug-likeness (QED) is 0.257. The van der Waals surface area contributed by atoms with E-state index in [4.69, 9.17) is 4.74 Å². The van der Waals surface area contributed by atoms with Crippen LogP contribution in [-0.4, -0.2) is 38.9 Å². The van der Waals surface area contributed by atoms with E-state index in [-0.39, 0.29) is 23.3 Å². The van der Waals surface area contributed by atoms with E-state index in [1.54, 1.807) is 18.2 Å². The minimum atomic E-state index is -3.90. The summed E-state index contributed by atoms with van der Waals surface area (Å²) in [6.45, 7) is 3.68. The molecular formula is C34H37N3O4S. The van der Waals surface area contributed by atoms with Gasteiger partial charge >= 0.3 is 0 Å². The maximum atomic E-state index is 13.5. The van der Waals surface area contributed by atoms with Crippen LogP contribution in [0.25, 0.3) is 10.8 Å². The van der Waals surface area contributed by atoms with Crippen LogP contribution in [0.5, 0.6) is 5.75 Å². The molecule has 0 aromatic heterocycles. The first-order chi connectivity index (χ1) is 20.4. The van der Waals surface area contributed by atoms with Crippen molar-refractivity contribution in [1.29, 1.82) is 0 Å². The second kappa shape index (κ2) is 12.7. The third-order valence-electron chi connectivity index (χ3n) is 8.23. The van der Waals surface area contributed by atoms with Crippen molar-refractivity contribution >= 4 is 26.7 Å². The molecule has 6 rings (SSSR count). The number of benzene rings is 4. The van der Waals surface area contributed by atoms with Crippen LogP contribution in [-0.2, 0) is 21.4 Å². The Bertz CT molecular complexity index is 1650. The van der Waals surface area contributed by atoms with Gasteiger partial charge in [0.2, 0.25) is 15.9 Å². The van der Waals surface area contributed by atoms with Gasteiger partial charge in [-0.25, -0.2) is 13.1 Å². The normalized spacial score (nSPS) is 18.1. The molecule has 0 aliphatic carbocycles. The summed E-state index contributed by atoms with van der Waals surface area (Å²) in [5.41, 5.74) is 2.91. The monoisotopic (exact) mass is 583 g/mol. The molecule has 4 aromatic rings. The highest BCUT2D eigenvalue weighted by Gasteiger charge is 2.28. The Morgan fingerprint density at radius 3 is 2.45 bits per heavy atom. The molecule has 8 heteroatoms. The fourth-order valence-corrected chi connectivity index (χ4v) is 7.26. The molecule has 2 heterocycles. The fourth-order valence-electron chi connectivity index (χ4n) is 6.00. The van der Waals surface area contributed by atoms with Gasteiger partial charge in [-0.2, -0.15) is 0 Å². The zero-order chi connectivity index (χ0) is 28.9. The SMILES string of the molecule is O=C(CC(NS(=O)(=O)c1ccc2ccccc2c1)c1ccccc1)N[C@@H]1CCOc2cc(CN3CCCCC3)ccc21. The summed E-state index contributed by atoms with van der Waals surface area (Å²) in [5, 5.41) is 4.96. The van der Waals surface area contributed by atoms with E-state index >= 15 is 0 Å². The minimum absolute atomic E-state index is 0.0312. The van der Waals surface area contributed by atoms with E-state index in [0.29, 0.717) is 13.0 Å². The molecule has 218 valence electrons. The number of sulfonamides is 1. The zero-order valence-corrected chi connectivity index (χ0v) is 24.5. The third kappa shape index (κ3) is 6.67. The zero-order valence-electron chi connectivity index (χ0n) is 23.7. The van der Waals surface area contributed by atoms with Gasteiger partial charge in [-0.3, -0.25) is 9.69 Å². The molecule has 0 spiro atoms. The number of hydrogen-bond acceptors (Lipinski definition) is 5. The molecule has 2 atom stereocenters. The molecule has 1 saturated heterocycles. The van der Waals surface area contributed by atoms with Gasteiger partial charge in [0.05, 0.1) is 23.6 Å². The van der Waals surface area contributed by atoms with Crippen LogP contribution in [0.3, 0.4) is 0 Å². The molecule has 2 aliphatic heterocycles. The third-order valence-corrected chi connectivity index (χ3v) is 9.70. The summed E-state index contributed by atoms with van der Waals surface area (Å²) in [5.74, 6) is 0.595. The lowest BCUT2D eigenvalue weighted by molar-refractivity contribution is -0.122. The summed E-state index contributed by atoms with van der Waals surface area (Å²) >= 11 is 0. The first kappa shape index (κ1) is 28.4. The molecule has 0 radical (unpaired) electrons. The Hall–Kier alpha value is -3.72. The number of nitrogens with zero attached hydrogens (tertiary/aromatic N) is 1. The van der Waals surface area contributed by atoms with Crippen molar-refractivity contribution in [1.82, 2.24) is 14.9 Å². The Morgan fingerprint density at radius 1 is 0.881 bits per heavy atom. The maximum absolute atomic E-state index is 13.5. The van der Waals surface area contributed by atoms with E-state index in [2.05, 4.69) is 33.1 Å². The maximum Gasteiger partial charge on any atom is 0.241 e. The topological polar surface area (TPSA) is 87.7 Å². The van der Waals surface area contributed by atoms with Crippen LogP contribution in [0.2, 0.25) is 0 Å². The molecule has 1 fully saturated rings. The number of carbonyl (C=O) groups excluding carboxylic acids is 1. The van der Waals surface area contributed by atoms with E-state index in [1.807, 2.05) is 54.6 Å². The fraction of sp³-hybridized carbons (Fsp3) is 0.324. The molecule has 42 heavy (non-hydrogen) atoms. The van der Waals surface area contributed by atoms with Crippen molar-refractivity contribution in [3.63, 3.8) is 0 Å². The molecule has 2 aliphatic rings. The second-order valence-corrected chi connectivity index (χ2v) is 13.0. The predicted octanol–water partition coefficient (Wildman–Crippen LogP) is 5.88. The molecule has 0 saturated carbocycles. The summed E-state index contributed by atoms with van der Waals surface area (Å²) in [6, 6.07) is 27.3. The van der Waals surface area contributed by atoms with Gasteiger partial charge in [0, 0.05) is 24.9 Å². The lowest BCUT2D eigenvalue weighted by atomic mass is 9.97. The average molecular weight is 584 g/mol. The number of hydrogen-bond donors (Lipinski definition) is 2. The van der Waals surface area contributed by atoms with Crippen LogP contribution in [0, 0.1) is 0 Å². The molecule has 1 unspecified atom stereocenters. The Balaban J connectivity index is 1.17. The van der Waals surface area contributed by atoms with Gasteiger partial charge in [-0.15, -0.1) is 0 Å². The highest BCUT2D eigenvalue weighted by molar-refractivity contribution is 7.89. The van der Waals surface area contributed by atoms with Gasteiger partial charge in [-0.05, 0) is 66.0 Å². The number of piperidine rings is 1. The minimum Gasteiger partial charge on any atom is -0.493 e. The molecule has 1 amide bonds. The van der Waals surface area contributed by atoms with E-state index in [1.165, 1.54) is 24.8 Å². The molecule has 2 N–H and O–H groups in total. The number of rotatable bonds is 9. The van der Waals surface area contributed by atoms with Gasteiger partial charge in [0.15, 0.2) is 0 Å². The van der Waals surface area contributed by atoms with Crippen molar-refractivity contribution in [2.45, 2.75) is 55.6 Å². The first-order valence-corrected chi connectivity index (χ1v) is 16.3. The number of nitrogens with one attached hydrogen (secondary N) is 2. The van der Waals surface area contributed by atoms with Crippen molar-refractivity contribution in [2.75, 3.05) is 19.7 Å². The highest BCUT2D eigenvalue weighted by atomic mass is 32.2. The Morgan fingerprint density at radius 2 is 1.64 bits per heavy atom. The molecule has 4 aromatic carbocycles. The van der Waals surface area contributed by atoms with Crippen LogP contribution in [0.1, 0.15) is 60.9 Å². The van der Waals surface area contributed by atoms with Crippen molar-refractivity contribution in [2.24, 2.45) is 0 Å². The average Bonchev–Trinajstić information content (AvgIpc) is 3.01. The standard InChI is InChI=1S/C34H37N3O4S/c38-34(35-31-17-20-41-33-21-25(13-16-30(31)33)24-37-18-7-2-8-19-37)23-32(27-10-3-1-4-11-27)36-42(39,40)29-15-14-26-9-5-6-12-28(26)22-29/h1,3-6,9-16,21-22,31-32,36H,2,7-8,17-20,23-24H2,(H,35,38)/t31-,32?/m1/s1. The summed E-state index contributed by atoms with van der Waals surface area (Å²) < 4.78 is 35.8. The van der Waals surface area contributed by atoms with Crippen molar-refractivity contribution in [3.8, 4) is 5.75 Å². The summed E-state index contributed by atoms with van der Waals surface area (Å²) in [7, 11) is -3.90. The lowest BCUT2D eigenvalue weighted by Gasteiger charge is -2.29. The highest BCUT2D eigenvalue weighted by Crippen LogP contribution is 2.34.